The Labute approximate surface area is 153 Å². The van der Waals surface area contributed by atoms with Gasteiger partial charge in [0, 0.05) is 25.4 Å². The molecule has 2 rings (SSSR count). The molecule has 0 spiro atoms. The third kappa shape index (κ3) is 5.56. The van der Waals surface area contributed by atoms with Crippen LogP contribution in [0.15, 0.2) is 24.3 Å². The number of hydrogen-bond acceptors (Lipinski definition) is 4. The van der Waals surface area contributed by atoms with Gasteiger partial charge < -0.3 is 16.2 Å². The molecular weight excluding hydrogens is 334 g/mol. The molecule has 0 bridgehead atoms. The molecule has 4 N–H and O–H groups in total. The van der Waals surface area contributed by atoms with E-state index in [0.29, 0.717) is 25.9 Å². The van der Waals surface area contributed by atoms with Crippen molar-refractivity contribution in [3.05, 3.63) is 35.4 Å². The highest BCUT2D eigenvalue weighted by molar-refractivity contribution is 5.95. The van der Waals surface area contributed by atoms with Crippen LogP contribution in [0.3, 0.4) is 0 Å². The maximum Gasteiger partial charge on any atom is 0.324 e. The minimum atomic E-state index is -0.941. The summed E-state index contributed by atoms with van der Waals surface area (Å²) in [6, 6.07) is 7.31. The summed E-state index contributed by atoms with van der Waals surface area (Å²) >= 11 is 0. The molecule has 0 saturated heterocycles. The largest absolute Gasteiger partial charge is 0.481 e. The van der Waals surface area contributed by atoms with E-state index in [1.54, 1.807) is 0 Å². The van der Waals surface area contributed by atoms with Crippen molar-refractivity contribution < 1.29 is 19.5 Å². The van der Waals surface area contributed by atoms with Crippen LogP contribution in [0.4, 0.5) is 4.79 Å². The number of unbranched alkanes of at least 4 members (excludes halogenated alkanes) is 1. The van der Waals surface area contributed by atoms with Crippen LogP contribution < -0.4 is 11.1 Å². The number of fused-ring (bicyclic) bond motifs is 1. The lowest BCUT2D eigenvalue weighted by atomic mass is 10.1. The number of nitrogens with zero attached hydrogens (tertiary/aromatic N) is 1. The molecule has 0 atom stereocenters. The highest BCUT2D eigenvalue weighted by Crippen LogP contribution is 2.26. The van der Waals surface area contributed by atoms with Gasteiger partial charge in [0.05, 0.1) is 0 Å². The summed E-state index contributed by atoms with van der Waals surface area (Å²) in [6.07, 6.45) is 3.03. The van der Waals surface area contributed by atoms with E-state index in [0.717, 1.165) is 24.0 Å². The van der Waals surface area contributed by atoms with Crippen molar-refractivity contribution in [3.63, 3.8) is 0 Å². The van der Waals surface area contributed by atoms with E-state index in [1.807, 2.05) is 24.3 Å². The van der Waals surface area contributed by atoms with Gasteiger partial charge in [-0.1, -0.05) is 24.3 Å². The first-order chi connectivity index (χ1) is 12.5. The number of aliphatic carboxylic acids is 1. The summed E-state index contributed by atoms with van der Waals surface area (Å²) in [5.74, 6) is -1.26. The predicted octanol–water partition coefficient (Wildman–Crippen LogP) is 1.69. The number of carbonyl (C=O) groups excluding carboxylic acids is 2. The van der Waals surface area contributed by atoms with Gasteiger partial charge in [-0.05, 0) is 49.8 Å². The Balaban J connectivity index is 2.02. The first-order valence-electron chi connectivity index (χ1n) is 9.11. The van der Waals surface area contributed by atoms with Gasteiger partial charge in [-0.2, -0.15) is 0 Å². The van der Waals surface area contributed by atoms with E-state index < -0.39 is 12.0 Å². The van der Waals surface area contributed by atoms with E-state index in [2.05, 4.69) is 5.32 Å². The second-order valence-corrected chi connectivity index (χ2v) is 6.57. The first-order valence-corrected chi connectivity index (χ1v) is 9.11. The van der Waals surface area contributed by atoms with Crippen LogP contribution in [0.5, 0.6) is 0 Å². The molecule has 0 radical (unpaired) electrons. The lowest BCUT2D eigenvalue weighted by Crippen LogP contribution is -2.50. The summed E-state index contributed by atoms with van der Waals surface area (Å²) in [7, 11) is 0. The van der Waals surface area contributed by atoms with E-state index in [-0.39, 0.29) is 31.2 Å². The molecule has 0 aliphatic heterocycles. The molecule has 142 valence electrons. The molecule has 7 nitrogen and oxygen atoms in total. The van der Waals surface area contributed by atoms with Gasteiger partial charge in [-0.25, -0.2) is 4.79 Å². The van der Waals surface area contributed by atoms with Gasteiger partial charge in [0.1, 0.15) is 0 Å². The van der Waals surface area contributed by atoms with Crippen LogP contribution in [0.2, 0.25) is 0 Å². The maximum absolute atomic E-state index is 12.6. The van der Waals surface area contributed by atoms with E-state index in [1.165, 1.54) is 4.90 Å². The molecule has 1 aromatic rings. The van der Waals surface area contributed by atoms with Crippen LogP contribution in [-0.2, 0) is 22.4 Å². The number of imide groups is 1. The number of benzene rings is 1. The molecule has 1 aromatic carbocycles. The molecular formula is C19H27N3O4. The molecule has 1 aliphatic carbocycles. The standard InChI is InChI=1S/C19H27N3O4/c20-10-3-4-11-21-19(26)22(17(23)8-5-9-18(24)25)16-12-14-6-1-2-7-15(14)13-16/h1-2,6-7,16H,3-5,8-13,20H2,(H,21,26)(H,24,25). The molecule has 0 fully saturated rings. The third-order valence-corrected chi connectivity index (χ3v) is 4.57. The average Bonchev–Trinajstić information content (AvgIpc) is 3.02. The molecule has 1 aliphatic rings. The van der Waals surface area contributed by atoms with Crippen molar-refractivity contribution in [2.24, 2.45) is 5.73 Å². The number of nitrogens with two attached hydrogens (primary N) is 1. The SMILES string of the molecule is NCCCCNC(=O)N(C(=O)CCCC(=O)O)C1Cc2ccccc2C1. The number of nitrogens with one attached hydrogen (secondary N) is 1. The Morgan fingerprint density at radius 3 is 2.31 bits per heavy atom. The lowest BCUT2D eigenvalue weighted by molar-refractivity contribution is -0.137. The smallest absolute Gasteiger partial charge is 0.324 e. The van der Waals surface area contributed by atoms with Crippen molar-refractivity contribution in [2.45, 2.75) is 51.0 Å². The van der Waals surface area contributed by atoms with Crippen molar-refractivity contribution in [1.29, 1.82) is 0 Å². The Bertz CT molecular complexity index is 622. The summed E-state index contributed by atoms with van der Waals surface area (Å²) < 4.78 is 0. The average molecular weight is 361 g/mol. The highest BCUT2D eigenvalue weighted by Gasteiger charge is 2.33. The third-order valence-electron chi connectivity index (χ3n) is 4.57. The van der Waals surface area contributed by atoms with Gasteiger partial charge in [0.15, 0.2) is 0 Å². The van der Waals surface area contributed by atoms with E-state index in [9.17, 15) is 14.4 Å². The minimum absolute atomic E-state index is 0.0510. The minimum Gasteiger partial charge on any atom is -0.481 e. The highest BCUT2D eigenvalue weighted by atomic mass is 16.4. The predicted molar refractivity (Wildman–Crippen MR) is 97.7 cm³/mol. The van der Waals surface area contributed by atoms with Crippen LogP contribution in [0.25, 0.3) is 0 Å². The Kier molecular flexibility index (Phi) is 7.59. The summed E-state index contributed by atoms with van der Waals surface area (Å²) in [6.45, 7) is 1.03. The van der Waals surface area contributed by atoms with Crippen LogP contribution in [-0.4, -0.2) is 47.0 Å². The van der Waals surface area contributed by atoms with Gasteiger partial charge in [-0.15, -0.1) is 0 Å². The zero-order valence-corrected chi connectivity index (χ0v) is 14.9. The van der Waals surface area contributed by atoms with Crippen LogP contribution in [0.1, 0.15) is 43.2 Å². The van der Waals surface area contributed by atoms with Crippen molar-refractivity contribution in [3.8, 4) is 0 Å². The summed E-state index contributed by atoms with van der Waals surface area (Å²) in [5, 5.41) is 11.6. The number of urea groups is 1. The molecule has 0 heterocycles. The lowest BCUT2D eigenvalue weighted by Gasteiger charge is -2.27. The number of hydrogen-bond donors (Lipinski definition) is 3. The molecule has 0 unspecified atom stereocenters. The first kappa shape index (κ1) is 19.9. The number of rotatable bonds is 9. The van der Waals surface area contributed by atoms with Gasteiger partial charge >= 0.3 is 12.0 Å². The Morgan fingerprint density at radius 2 is 1.73 bits per heavy atom. The normalized spacial score (nSPS) is 13.3. The molecule has 0 saturated carbocycles. The number of carboxylic acids is 1. The van der Waals surface area contributed by atoms with Crippen molar-refractivity contribution in [2.75, 3.05) is 13.1 Å². The fourth-order valence-electron chi connectivity index (χ4n) is 3.26. The second-order valence-electron chi connectivity index (χ2n) is 6.57. The molecule has 26 heavy (non-hydrogen) atoms. The van der Waals surface area contributed by atoms with Crippen LogP contribution >= 0.6 is 0 Å². The fourth-order valence-corrected chi connectivity index (χ4v) is 3.26. The number of carbonyl (C=O) groups is 3. The van der Waals surface area contributed by atoms with E-state index >= 15 is 0 Å². The summed E-state index contributed by atoms with van der Waals surface area (Å²) in [4.78, 5) is 37.2. The maximum atomic E-state index is 12.6. The van der Waals surface area contributed by atoms with Gasteiger partial charge in [-0.3, -0.25) is 14.5 Å². The quantitative estimate of drug-likeness (QED) is 0.579. The molecule has 7 heteroatoms. The molecule has 3 amide bonds. The zero-order chi connectivity index (χ0) is 18.9. The zero-order valence-electron chi connectivity index (χ0n) is 14.9. The van der Waals surface area contributed by atoms with E-state index in [4.69, 9.17) is 10.8 Å². The topological polar surface area (TPSA) is 113 Å². The van der Waals surface area contributed by atoms with Gasteiger partial charge in [0.2, 0.25) is 5.91 Å². The Morgan fingerprint density at radius 1 is 1.08 bits per heavy atom. The molecule has 0 aromatic heterocycles. The van der Waals surface area contributed by atoms with Crippen molar-refractivity contribution >= 4 is 17.9 Å². The van der Waals surface area contributed by atoms with Crippen LogP contribution in [0, 0.1) is 0 Å². The monoisotopic (exact) mass is 361 g/mol. The van der Waals surface area contributed by atoms with Gasteiger partial charge in [0.25, 0.3) is 0 Å². The summed E-state index contributed by atoms with van der Waals surface area (Å²) in [5.41, 5.74) is 7.76. The fraction of sp³-hybridized carbons (Fsp3) is 0.526. The number of amides is 3. The Hall–Kier alpha value is -2.41. The number of carboxylic acid groups (broad SMARTS) is 1. The van der Waals surface area contributed by atoms with Crippen molar-refractivity contribution in [1.82, 2.24) is 10.2 Å². The second kappa shape index (κ2) is 9.91.